The number of urea groups is 1. The molecule has 1 heterocycles. The van der Waals surface area contributed by atoms with E-state index in [0.29, 0.717) is 11.3 Å². The van der Waals surface area contributed by atoms with Crippen LogP contribution in [0.1, 0.15) is 25.0 Å². The van der Waals surface area contributed by atoms with Crippen molar-refractivity contribution in [3.05, 3.63) is 83.4 Å². The van der Waals surface area contributed by atoms with Crippen molar-refractivity contribution in [1.29, 1.82) is 0 Å². The summed E-state index contributed by atoms with van der Waals surface area (Å²) in [7, 11) is 0. The molecule has 1 fully saturated rings. The predicted octanol–water partition coefficient (Wildman–Crippen LogP) is 7.20. The molecule has 5 nitrogen and oxygen atoms in total. The predicted molar refractivity (Wildman–Crippen MR) is 132 cm³/mol. The van der Waals surface area contributed by atoms with Crippen molar-refractivity contribution in [3.63, 3.8) is 0 Å². The van der Waals surface area contributed by atoms with Crippen LogP contribution in [0.5, 0.6) is 0 Å². The third-order valence-electron chi connectivity index (χ3n) is 6.12. The Bertz CT molecular complexity index is 1380. The lowest BCUT2D eigenvalue weighted by Gasteiger charge is -2.28. The molecule has 1 N–H and O–H groups in total. The Morgan fingerprint density at radius 2 is 1.65 bits per heavy atom. The first-order chi connectivity index (χ1) is 17.3. The van der Waals surface area contributed by atoms with Gasteiger partial charge in [-0.2, -0.15) is 13.2 Å². The molecule has 11 heteroatoms. The average molecular weight is 536 g/mol. The summed E-state index contributed by atoms with van der Waals surface area (Å²) >= 11 is 0.908. The number of anilines is 3. The van der Waals surface area contributed by atoms with Crippen molar-refractivity contribution in [2.24, 2.45) is 0 Å². The smallest absolute Gasteiger partial charge is 0.353 e. The highest BCUT2D eigenvalue weighted by Crippen LogP contribution is 2.41. The number of alkyl halides is 3. The Kier molecular flexibility index (Phi) is 6.93. The van der Waals surface area contributed by atoms with E-state index in [0.717, 1.165) is 34.9 Å². The second-order valence-corrected chi connectivity index (χ2v) is 9.71. The van der Waals surface area contributed by atoms with E-state index in [1.807, 2.05) is 0 Å². The minimum Gasteiger partial charge on any atom is -0.353 e. The third kappa shape index (κ3) is 5.00. The largest absolute Gasteiger partial charge is 0.417 e. The van der Waals surface area contributed by atoms with Crippen LogP contribution in [0.25, 0.3) is 0 Å². The molecule has 194 valence electrons. The second kappa shape index (κ2) is 9.70. The molecule has 3 aromatic carbocycles. The number of imide groups is 1. The lowest BCUT2D eigenvalue weighted by Crippen LogP contribution is -2.43. The molecular formula is C26H22F5N3O2S. The van der Waals surface area contributed by atoms with Crippen molar-refractivity contribution >= 4 is 40.8 Å². The molecule has 1 aliphatic heterocycles. The average Bonchev–Trinajstić information content (AvgIpc) is 3.00. The number of amides is 3. The van der Waals surface area contributed by atoms with Crippen molar-refractivity contribution in [2.45, 2.75) is 37.0 Å². The van der Waals surface area contributed by atoms with E-state index in [4.69, 9.17) is 0 Å². The van der Waals surface area contributed by atoms with Crippen LogP contribution in [0.15, 0.2) is 65.6 Å². The van der Waals surface area contributed by atoms with Gasteiger partial charge in [-0.05, 0) is 62.1 Å². The van der Waals surface area contributed by atoms with Gasteiger partial charge in [-0.15, -0.1) is 11.8 Å². The number of nitrogens with zero attached hydrogens (tertiary/aromatic N) is 2. The first-order valence-electron chi connectivity index (χ1n) is 11.1. The van der Waals surface area contributed by atoms with E-state index in [9.17, 15) is 31.5 Å². The van der Waals surface area contributed by atoms with Crippen LogP contribution >= 0.6 is 11.8 Å². The number of hydrogen-bond acceptors (Lipinski definition) is 4. The van der Waals surface area contributed by atoms with Crippen LogP contribution in [0.2, 0.25) is 0 Å². The number of hydrogen-bond donors (Lipinski definition) is 1. The van der Waals surface area contributed by atoms with Gasteiger partial charge in [0, 0.05) is 16.6 Å². The second-order valence-electron chi connectivity index (χ2n) is 8.86. The lowest BCUT2D eigenvalue weighted by atomic mass is 10.0. The van der Waals surface area contributed by atoms with E-state index in [-0.39, 0.29) is 22.8 Å². The Morgan fingerprint density at radius 1 is 0.946 bits per heavy atom. The van der Waals surface area contributed by atoms with Crippen molar-refractivity contribution < 1.29 is 31.5 Å². The summed E-state index contributed by atoms with van der Waals surface area (Å²) < 4.78 is 68.4. The van der Waals surface area contributed by atoms with Crippen LogP contribution in [-0.2, 0) is 17.5 Å². The highest BCUT2D eigenvalue weighted by Gasteiger charge is 2.52. The molecule has 0 aliphatic carbocycles. The zero-order valence-corrected chi connectivity index (χ0v) is 20.8. The molecule has 3 aromatic rings. The molecule has 0 aromatic heterocycles. The molecule has 4 rings (SSSR count). The van der Waals surface area contributed by atoms with E-state index < -0.39 is 40.9 Å². The highest BCUT2D eigenvalue weighted by molar-refractivity contribution is 7.98. The Labute approximate surface area is 214 Å². The van der Waals surface area contributed by atoms with Gasteiger partial charge < -0.3 is 10.2 Å². The maximum atomic E-state index is 14.2. The molecular weight excluding hydrogens is 513 g/mol. The third-order valence-corrected chi connectivity index (χ3v) is 6.91. The molecule has 0 atom stereocenters. The quantitative estimate of drug-likeness (QED) is 0.206. The summed E-state index contributed by atoms with van der Waals surface area (Å²) in [6, 6.07) is 12.3. The van der Waals surface area contributed by atoms with Gasteiger partial charge in [0.2, 0.25) is 0 Å². The highest BCUT2D eigenvalue weighted by atomic mass is 32.2. The zero-order valence-electron chi connectivity index (χ0n) is 20.0. The van der Waals surface area contributed by atoms with E-state index >= 15 is 0 Å². The molecule has 37 heavy (non-hydrogen) atoms. The summed E-state index contributed by atoms with van der Waals surface area (Å²) in [4.78, 5) is 28.7. The molecule has 1 aliphatic rings. The Balaban J connectivity index is 1.68. The van der Waals surface area contributed by atoms with Gasteiger partial charge in [-0.3, -0.25) is 4.79 Å². The van der Waals surface area contributed by atoms with Gasteiger partial charge in [0.25, 0.3) is 5.91 Å². The molecule has 0 unspecified atom stereocenters. The number of carbonyl (C=O) groups excluding carboxylic acids is 2. The van der Waals surface area contributed by atoms with Crippen LogP contribution in [0.4, 0.5) is 43.8 Å². The fourth-order valence-electron chi connectivity index (χ4n) is 4.07. The Morgan fingerprint density at radius 3 is 2.30 bits per heavy atom. The minimum absolute atomic E-state index is 0.00660. The van der Waals surface area contributed by atoms with Gasteiger partial charge in [-0.25, -0.2) is 18.5 Å². The monoisotopic (exact) mass is 535 g/mol. The fraction of sp³-hybridized carbons (Fsp3) is 0.231. The van der Waals surface area contributed by atoms with Gasteiger partial charge >= 0.3 is 12.2 Å². The number of rotatable bonds is 6. The number of nitrogens with one attached hydrogen (secondary N) is 1. The number of para-hydroxylation sites is 1. The van der Waals surface area contributed by atoms with Crippen LogP contribution in [0, 0.1) is 11.6 Å². The normalized spacial score (nSPS) is 15.5. The van der Waals surface area contributed by atoms with Crippen LogP contribution in [-0.4, -0.2) is 28.6 Å². The van der Waals surface area contributed by atoms with Crippen LogP contribution < -0.4 is 10.2 Å². The van der Waals surface area contributed by atoms with E-state index in [1.54, 1.807) is 24.3 Å². The van der Waals surface area contributed by atoms with Gasteiger partial charge in [0.05, 0.1) is 23.5 Å². The first-order valence-corrected chi connectivity index (χ1v) is 12.3. The molecule has 0 bridgehead atoms. The van der Waals surface area contributed by atoms with Gasteiger partial charge in [0.15, 0.2) is 0 Å². The summed E-state index contributed by atoms with van der Waals surface area (Å²) in [5.41, 5.74) is -1.59. The standard InChI is InChI=1S/C26H22F5N3O2S/c1-25(2)23(35)34(17-9-11-22(37-3)18(13-17)26(29,30)31)24(36)33(25)14-15-6-4-5-7-20(15)32-21-10-8-16(27)12-19(21)28/h4-13,32H,14H2,1-3H3. The van der Waals surface area contributed by atoms with Gasteiger partial charge in [0.1, 0.15) is 17.2 Å². The summed E-state index contributed by atoms with van der Waals surface area (Å²) in [6.45, 7) is 2.91. The number of benzene rings is 3. The van der Waals surface area contributed by atoms with E-state index in [1.165, 1.54) is 43.2 Å². The fourth-order valence-corrected chi connectivity index (χ4v) is 4.67. The summed E-state index contributed by atoms with van der Waals surface area (Å²) in [6.07, 6.45) is -3.17. The molecule has 1 saturated heterocycles. The SMILES string of the molecule is CSc1ccc(N2C(=O)N(Cc3ccccc3Nc3ccc(F)cc3F)C(C)(C)C2=O)cc1C(F)(F)F. The molecule has 0 saturated carbocycles. The van der Waals surface area contributed by atoms with Crippen LogP contribution in [0.3, 0.4) is 0 Å². The maximum Gasteiger partial charge on any atom is 0.417 e. The Hall–Kier alpha value is -3.60. The first kappa shape index (κ1) is 26.5. The zero-order chi connectivity index (χ0) is 27.1. The number of carbonyl (C=O) groups is 2. The molecule has 0 radical (unpaired) electrons. The summed E-state index contributed by atoms with van der Waals surface area (Å²) in [5.74, 6) is -2.24. The lowest BCUT2D eigenvalue weighted by molar-refractivity contribution is -0.139. The van der Waals surface area contributed by atoms with Gasteiger partial charge in [-0.1, -0.05) is 18.2 Å². The van der Waals surface area contributed by atoms with Crippen molar-refractivity contribution in [2.75, 3.05) is 16.5 Å². The topological polar surface area (TPSA) is 52.7 Å². The summed E-state index contributed by atoms with van der Waals surface area (Å²) in [5, 5.41) is 2.87. The number of thioether (sulfide) groups is 1. The molecule has 0 spiro atoms. The number of halogens is 5. The maximum absolute atomic E-state index is 14.2. The minimum atomic E-state index is -4.67. The molecule has 3 amide bonds. The van der Waals surface area contributed by atoms with Crippen molar-refractivity contribution in [1.82, 2.24) is 4.90 Å². The van der Waals surface area contributed by atoms with E-state index in [2.05, 4.69) is 5.32 Å². The van der Waals surface area contributed by atoms with Crippen molar-refractivity contribution in [3.8, 4) is 0 Å².